The van der Waals surface area contributed by atoms with Crippen molar-refractivity contribution < 1.29 is 4.74 Å². The monoisotopic (exact) mass is 270 g/mol. The van der Waals surface area contributed by atoms with Crippen LogP contribution in [0.15, 0.2) is 0 Å². The molecule has 114 valence electrons. The number of nitrogens with one attached hydrogen (secondary N) is 1. The van der Waals surface area contributed by atoms with Gasteiger partial charge >= 0.3 is 0 Å². The van der Waals surface area contributed by atoms with Crippen LogP contribution >= 0.6 is 0 Å². The predicted octanol–water partition coefficient (Wildman–Crippen LogP) is 2.90. The molecule has 3 nitrogen and oxygen atoms in total. The molecule has 1 saturated carbocycles. The average Bonchev–Trinajstić information content (AvgIpc) is 2.32. The van der Waals surface area contributed by atoms with Crippen molar-refractivity contribution >= 4 is 0 Å². The van der Waals surface area contributed by atoms with Crippen molar-refractivity contribution in [2.45, 2.75) is 71.0 Å². The van der Waals surface area contributed by atoms with Gasteiger partial charge in [0.15, 0.2) is 0 Å². The molecule has 0 aromatic heterocycles. The average molecular weight is 270 g/mol. The van der Waals surface area contributed by atoms with Gasteiger partial charge in [-0.05, 0) is 46.6 Å². The van der Waals surface area contributed by atoms with Crippen LogP contribution in [-0.2, 0) is 4.74 Å². The normalized spacial score (nSPS) is 26.7. The minimum absolute atomic E-state index is 0.173. The van der Waals surface area contributed by atoms with Crippen molar-refractivity contribution in [3.05, 3.63) is 0 Å². The number of ether oxygens (including phenoxy) is 1. The molecular weight excluding hydrogens is 236 g/mol. The maximum Gasteiger partial charge on any atom is 0.0630 e. The van der Waals surface area contributed by atoms with E-state index in [-0.39, 0.29) is 5.54 Å². The molecule has 19 heavy (non-hydrogen) atoms. The minimum atomic E-state index is 0.173. The number of hydrogen-bond donors (Lipinski definition) is 1. The third kappa shape index (κ3) is 6.24. The maximum atomic E-state index is 5.43. The van der Waals surface area contributed by atoms with Crippen molar-refractivity contribution in [2.75, 3.05) is 27.3 Å². The van der Waals surface area contributed by atoms with Gasteiger partial charge < -0.3 is 10.1 Å². The van der Waals surface area contributed by atoms with Crippen LogP contribution in [0.4, 0.5) is 0 Å². The molecule has 0 saturated heterocycles. The quantitative estimate of drug-likeness (QED) is 0.803. The van der Waals surface area contributed by atoms with E-state index in [0.29, 0.717) is 6.04 Å². The van der Waals surface area contributed by atoms with Crippen molar-refractivity contribution in [3.63, 3.8) is 0 Å². The summed E-state index contributed by atoms with van der Waals surface area (Å²) in [6.07, 6.45) is 5.46. The van der Waals surface area contributed by atoms with Gasteiger partial charge in [0.25, 0.3) is 0 Å². The molecule has 0 spiro atoms. The van der Waals surface area contributed by atoms with E-state index < -0.39 is 0 Å². The Labute approximate surface area is 120 Å². The zero-order valence-electron chi connectivity index (χ0n) is 13.8. The van der Waals surface area contributed by atoms with Crippen LogP contribution in [0.1, 0.15) is 53.4 Å². The molecule has 0 aromatic rings. The molecule has 1 aliphatic rings. The summed E-state index contributed by atoms with van der Waals surface area (Å²) in [5.41, 5.74) is 0.173. The lowest BCUT2D eigenvalue weighted by atomic mass is 9.86. The van der Waals surface area contributed by atoms with Gasteiger partial charge in [-0.2, -0.15) is 0 Å². The van der Waals surface area contributed by atoms with E-state index in [1.54, 1.807) is 7.11 Å². The SMILES string of the molecule is COCC(CNC(C)(C)C)N(C)C1CCCC(C)C1. The lowest BCUT2D eigenvalue weighted by Gasteiger charge is -2.39. The molecule has 0 amide bonds. The Morgan fingerprint density at radius 3 is 2.53 bits per heavy atom. The molecule has 0 heterocycles. The van der Waals surface area contributed by atoms with Crippen LogP contribution in [0, 0.1) is 5.92 Å². The topological polar surface area (TPSA) is 24.5 Å². The van der Waals surface area contributed by atoms with Gasteiger partial charge in [-0.3, -0.25) is 4.90 Å². The largest absolute Gasteiger partial charge is 0.383 e. The standard InChI is InChI=1S/C16H34N2O/c1-13-8-7-9-14(10-13)18(5)15(12-19-6)11-17-16(2,3)4/h13-15,17H,7-12H2,1-6H3. The number of methoxy groups -OCH3 is 1. The second-order valence-corrected chi connectivity index (χ2v) is 7.33. The van der Waals surface area contributed by atoms with Crippen molar-refractivity contribution in [3.8, 4) is 0 Å². The zero-order chi connectivity index (χ0) is 14.5. The molecule has 1 rings (SSSR count). The Hall–Kier alpha value is -0.120. The van der Waals surface area contributed by atoms with Gasteiger partial charge in [0.1, 0.15) is 0 Å². The number of likely N-dealkylation sites (N-methyl/N-ethyl adjacent to an activating group) is 1. The molecule has 1 N–H and O–H groups in total. The zero-order valence-corrected chi connectivity index (χ0v) is 13.8. The summed E-state index contributed by atoms with van der Waals surface area (Å²) in [7, 11) is 4.08. The van der Waals surface area contributed by atoms with Crippen LogP contribution < -0.4 is 5.32 Å². The second kappa shape index (κ2) is 7.61. The minimum Gasteiger partial charge on any atom is -0.383 e. The summed E-state index contributed by atoms with van der Waals surface area (Å²) < 4.78 is 5.43. The van der Waals surface area contributed by atoms with E-state index >= 15 is 0 Å². The Morgan fingerprint density at radius 1 is 1.32 bits per heavy atom. The molecule has 0 aromatic carbocycles. The van der Waals surface area contributed by atoms with Crippen LogP contribution in [0.2, 0.25) is 0 Å². The highest BCUT2D eigenvalue weighted by Crippen LogP contribution is 2.27. The fourth-order valence-electron chi connectivity index (χ4n) is 3.01. The lowest BCUT2D eigenvalue weighted by Crippen LogP contribution is -2.52. The lowest BCUT2D eigenvalue weighted by molar-refractivity contribution is 0.0556. The number of rotatable bonds is 6. The van der Waals surface area contributed by atoms with Gasteiger partial charge in [-0.1, -0.05) is 19.8 Å². The van der Waals surface area contributed by atoms with E-state index in [4.69, 9.17) is 4.74 Å². The molecule has 3 unspecified atom stereocenters. The fraction of sp³-hybridized carbons (Fsp3) is 1.00. The Bertz CT molecular complexity index is 250. The molecule has 0 radical (unpaired) electrons. The first-order valence-corrected chi connectivity index (χ1v) is 7.79. The van der Waals surface area contributed by atoms with Crippen LogP contribution in [-0.4, -0.2) is 49.8 Å². The van der Waals surface area contributed by atoms with Gasteiger partial charge in [-0.15, -0.1) is 0 Å². The molecular formula is C16H34N2O. The van der Waals surface area contributed by atoms with E-state index in [1.807, 2.05) is 0 Å². The van der Waals surface area contributed by atoms with Crippen molar-refractivity contribution in [2.24, 2.45) is 5.92 Å². The summed E-state index contributed by atoms with van der Waals surface area (Å²) >= 11 is 0. The first-order chi connectivity index (χ1) is 8.83. The van der Waals surface area contributed by atoms with Crippen molar-refractivity contribution in [1.29, 1.82) is 0 Å². The fourth-order valence-corrected chi connectivity index (χ4v) is 3.01. The van der Waals surface area contributed by atoms with Gasteiger partial charge in [0.05, 0.1) is 6.61 Å². The van der Waals surface area contributed by atoms with Gasteiger partial charge in [0, 0.05) is 31.3 Å². The van der Waals surface area contributed by atoms with Gasteiger partial charge in [0.2, 0.25) is 0 Å². The van der Waals surface area contributed by atoms with Crippen LogP contribution in [0.3, 0.4) is 0 Å². The smallest absolute Gasteiger partial charge is 0.0630 e. The summed E-state index contributed by atoms with van der Waals surface area (Å²) in [4.78, 5) is 2.55. The highest BCUT2D eigenvalue weighted by atomic mass is 16.5. The number of hydrogen-bond acceptors (Lipinski definition) is 3. The summed E-state index contributed by atoms with van der Waals surface area (Å²) in [6.45, 7) is 10.9. The van der Waals surface area contributed by atoms with Crippen LogP contribution in [0.5, 0.6) is 0 Å². The summed E-state index contributed by atoms with van der Waals surface area (Å²) in [6, 6.07) is 1.20. The predicted molar refractivity (Wildman–Crippen MR) is 82.6 cm³/mol. The Morgan fingerprint density at radius 2 is 2.00 bits per heavy atom. The maximum absolute atomic E-state index is 5.43. The third-order valence-corrected chi connectivity index (χ3v) is 4.29. The molecule has 0 bridgehead atoms. The van der Waals surface area contributed by atoms with E-state index in [0.717, 1.165) is 25.1 Å². The Kier molecular flexibility index (Phi) is 6.78. The van der Waals surface area contributed by atoms with Crippen LogP contribution in [0.25, 0.3) is 0 Å². The highest BCUT2D eigenvalue weighted by molar-refractivity contribution is 4.84. The number of nitrogens with zero attached hydrogens (tertiary/aromatic N) is 1. The van der Waals surface area contributed by atoms with Crippen molar-refractivity contribution in [1.82, 2.24) is 10.2 Å². The summed E-state index contributed by atoms with van der Waals surface area (Å²) in [5.74, 6) is 0.875. The first-order valence-electron chi connectivity index (χ1n) is 7.79. The second-order valence-electron chi connectivity index (χ2n) is 7.33. The third-order valence-electron chi connectivity index (χ3n) is 4.29. The molecule has 3 atom stereocenters. The highest BCUT2D eigenvalue weighted by Gasteiger charge is 2.27. The summed E-state index contributed by atoms with van der Waals surface area (Å²) in [5, 5.41) is 3.62. The van der Waals surface area contributed by atoms with E-state index in [1.165, 1.54) is 25.7 Å². The first kappa shape index (κ1) is 16.9. The molecule has 3 heteroatoms. The van der Waals surface area contributed by atoms with E-state index in [9.17, 15) is 0 Å². The molecule has 1 aliphatic carbocycles. The molecule has 0 aliphatic heterocycles. The molecule has 1 fully saturated rings. The Balaban J connectivity index is 2.53. The van der Waals surface area contributed by atoms with E-state index in [2.05, 4.69) is 45.0 Å². The van der Waals surface area contributed by atoms with Gasteiger partial charge in [-0.25, -0.2) is 0 Å².